The second-order valence-corrected chi connectivity index (χ2v) is 9.83. The van der Waals surface area contributed by atoms with E-state index in [4.69, 9.17) is 9.84 Å². The van der Waals surface area contributed by atoms with Gasteiger partial charge in [0.25, 0.3) is 10.2 Å². The Bertz CT molecular complexity index is 959. The van der Waals surface area contributed by atoms with Crippen LogP contribution >= 0.6 is 0 Å². The summed E-state index contributed by atoms with van der Waals surface area (Å²) in [5.41, 5.74) is 0.742. The molecule has 5 heterocycles. The van der Waals surface area contributed by atoms with Gasteiger partial charge in [-0.1, -0.05) is 0 Å². The van der Waals surface area contributed by atoms with Crippen LogP contribution < -0.4 is 4.90 Å². The zero-order valence-electron chi connectivity index (χ0n) is 16.5. The molecule has 0 N–H and O–H groups in total. The van der Waals surface area contributed by atoms with Crippen molar-refractivity contribution in [3.8, 4) is 0 Å². The lowest BCUT2D eigenvalue weighted by molar-refractivity contribution is 0.0696. The maximum Gasteiger partial charge on any atom is 0.282 e. The van der Waals surface area contributed by atoms with Crippen molar-refractivity contribution in [2.45, 2.75) is 31.6 Å². The zero-order chi connectivity index (χ0) is 19.8. The lowest BCUT2D eigenvalue weighted by Crippen LogP contribution is -2.50. The minimum atomic E-state index is -3.42. The monoisotopic (exact) mass is 421 g/mol. The van der Waals surface area contributed by atoms with Gasteiger partial charge in [0.2, 0.25) is 0 Å². The average molecular weight is 422 g/mol. The molecule has 3 fully saturated rings. The Balaban J connectivity index is 1.31. The number of piperidine rings is 1. The highest BCUT2D eigenvalue weighted by Crippen LogP contribution is 2.29. The molecule has 0 atom stereocenters. The zero-order valence-corrected chi connectivity index (χ0v) is 17.3. The van der Waals surface area contributed by atoms with Gasteiger partial charge in [-0.25, -0.2) is 0 Å². The van der Waals surface area contributed by atoms with Gasteiger partial charge in [-0.3, -0.25) is 0 Å². The molecule has 3 aliphatic heterocycles. The van der Waals surface area contributed by atoms with Crippen molar-refractivity contribution in [3.05, 3.63) is 18.0 Å². The Hall–Kier alpha value is -1.82. The summed E-state index contributed by atoms with van der Waals surface area (Å²) in [6, 6.07) is 3.98. The van der Waals surface area contributed by atoms with Crippen molar-refractivity contribution in [2.24, 2.45) is 0 Å². The number of rotatable bonds is 4. The molecule has 0 unspecified atom stereocenters. The number of hydrogen-bond acceptors (Lipinski definition) is 7. The lowest BCUT2D eigenvalue weighted by atomic mass is 9.97. The predicted molar refractivity (Wildman–Crippen MR) is 107 cm³/mol. The highest BCUT2D eigenvalue weighted by molar-refractivity contribution is 7.86. The van der Waals surface area contributed by atoms with Gasteiger partial charge in [0.05, 0.1) is 13.2 Å². The third-order valence-electron chi connectivity index (χ3n) is 6.14. The molecule has 5 rings (SSSR count). The van der Waals surface area contributed by atoms with Crippen molar-refractivity contribution < 1.29 is 13.2 Å². The number of morpholine rings is 1. The number of nitrogens with zero attached hydrogens (tertiary/aromatic N) is 7. The third kappa shape index (κ3) is 3.60. The number of aromatic nitrogens is 4. The van der Waals surface area contributed by atoms with Crippen LogP contribution in [-0.4, -0.2) is 89.3 Å². The Kier molecular flexibility index (Phi) is 5.14. The van der Waals surface area contributed by atoms with E-state index < -0.39 is 10.2 Å². The first-order valence-corrected chi connectivity index (χ1v) is 11.8. The summed E-state index contributed by atoms with van der Waals surface area (Å²) in [7, 11) is -3.42. The lowest BCUT2D eigenvalue weighted by Gasteiger charge is -2.35. The van der Waals surface area contributed by atoms with Crippen molar-refractivity contribution in [1.29, 1.82) is 0 Å². The molecule has 11 heteroatoms. The molecule has 0 spiro atoms. The first kappa shape index (κ1) is 19.2. The third-order valence-corrected chi connectivity index (χ3v) is 8.18. The summed E-state index contributed by atoms with van der Waals surface area (Å²) in [6.07, 6.45) is 3.84. The van der Waals surface area contributed by atoms with Gasteiger partial charge in [-0.05, 0) is 37.8 Å². The minimum Gasteiger partial charge on any atom is -0.379 e. The number of ether oxygens (including phenoxy) is 1. The molecule has 0 bridgehead atoms. The van der Waals surface area contributed by atoms with Crippen molar-refractivity contribution in [3.63, 3.8) is 0 Å². The van der Waals surface area contributed by atoms with Crippen molar-refractivity contribution >= 4 is 21.7 Å². The van der Waals surface area contributed by atoms with Crippen molar-refractivity contribution in [2.75, 3.05) is 57.4 Å². The van der Waals surface area contributed by atoms with Gasteiger partial charge < -0.3 is 9.64 Å². The number of anilines is 1. The van der Waals surface area contributed by atoms with E-state index in [1.54, 1.807) is 4.31 Å². The summed E-state index contributed by atoms with van der Waals surface area (Å²) < 4.78 is 36.0. The standard InChI is InChI=1S/C18H27N7O3S/c26-29(27,24-11-13-28-14-12-24)23-9-5-15(6-10-23)18-20-19-16-3-4-17(21-25(16)18)22-7-1-2-8-22/h3-4,15H,1-2,5-14H2. The highest BCUT2D eigenvalue weighted by atomic mass is 32.2. The topological polar surface area (TPSA) is 96.2 Å². The molecular weight excluding hydrogens is 394 g/mol. The van der Waals surface area contributed by atoms with Crippen LogP contribution in [-0.2, 0) is 14.9 Å². The number of hydrogen-bond donors (Lipinski definition) is 0. The summed E-state index contributed by atoms with van der Waals surface area (Å²) in [5.74, 6) is 1.95. The smallest absolute Gasteiger partial charge is 0.282 e. The van der Waals surface area contributed by atoms with Crippen LogP contribution in [0.25, 0.3) is 5.65 Å². The van der Waals surface area contributed by atoms with E-state index >= 15 is 0 Å². The Morgan fingerprint density at radius 2 is 1.59 bits per heavy atom. The Morgan fingerprint density at radius 1 is 0.897 bits per heavy atom. The molecule has 3 aliphatic rings. The van der Waals surface area contributed by atoms with E-state index in [0.717, 1.165) is 43.2 Å². The molecule has 29 heavy (non-hydrogen) atoms. The summed E-state index contributed by atoms with van der Waals surface area (Å²) >= 11 is 0. The molecule has 158 valence electrons. The van der Waals surface area contributed by atoms with Gasteiger partial charge in [0.1, 0.15) is 5.82 Å². The van der Waals surface area contributed by atoms with Crippen LogP contribution in [0.1, 0.15) is 37.4 Å². The summed E-state index contributed by atoms with van der Waals surface area (Å²) in [6.45, 7) is 4.84. The largest absolute Gasteiger partial charge is 0.379 e. The molecule has 0 amide bonds. The van der Waals surface area contributed by atoms with Crippen molar-refractivity contribution in [1.82, 2.24) is 28.4 Å². The highest BCUT2D eigenvalue weighted by Gasteiger charge is 2.35. The van der Waals surface area contributed by atoms with Gasteiger partial charge in [-0.15, -0.1) is 15.3 Å². The molecule has 0 saturated carbocycles. The van der Waals surface area contributed by atoms with Gasteiger partial charge in [0, 0.05) is 45.2 Å². The van der Waals surface area contributed by atoms with Gasteiger partial charge in [-0.2, -0.15) is 21.5 Å². The normalized spacial score (nSPS) is 23.2. The fourth-order valence-corrected chi connectivity index (χ4v) is 6.06. The predicted octanol–water partition coefficient (Wildman–Crippen LogP) is 0.481. The van der Waals surface area contributed by atoms with Crippen LogP contribution in [0.2, 0.25) is 0 Å². The maximum absolute atomic E-state index is 12.9. The molecule has 0 aliphatic carbocycles. The van der Waals surface area contributed by atoms with Crippen LogP contribution in [0.15, 0.2) is 12.1 Å². The Morgan fingerprint density at radius 3 is 2.31 bits per heavy atom. The van der Waals surface area contributed by atoms with Crippen LogP contribution in [0.3, 0.4) is 0 Å². The van der Waals surface area contributed by atoms with Gasteiger partial charge in [0.15, 0.2) is 11.5 Å². The average Bonchev–Trinajstić information content (AvgIpc) is 3.44. The molecular formula is C18H27N7O3S. The fraction of sp³-hybridized carbons (Fsp3) is 0.722. The summed E-state index contributed by atoms with van der Waals surface area (Å²) in [4.78, 5) is 2.29. The first-order chi connectivity index (χ1) is 14.1. The van der Waals surface area contributed by atoms with E-state index in [1.807, 2.05) is 16.6 Å². The molecule has 10 nitrogen and oxygen atoms in total. The summed E-state index contributed by atoms with van der Waals surface area (Å²) in [5, 5.41) is 13.5. The van der Waals surface area contributed by atoms with E-state index in [9.17, 15) is 8.42 Å². The van der Waals surface area contributed by atoms with E-state index in [2.05, 4.69) is 15.1 Å². The van der Waals surface area contributed by atoms with E-state index in [0.29, 0.717) is 39.4 Å². The van der Waals surface area contributed by atoms with Gasteiger partial charge >= 0.3 is 0 Å². The van der Waals surface area contributed by atoms with Crippen LogP contribution in [0.5, 0.6) is 0 Å². The number of fused-ring (bicyclic) bond motifs is 1. The first-order valence-electron chi connectivity index (χ1n) is 10.4. The Labute approximate surface area is 170 Å². The maximum atomic E-state index is 12.9. The fourth-order valence-electron chi connectivity index (χ4n) is 4.45. The second-order valence-electron chi connectivity index (χ2n) is 7.91. The molecule has 2 aromatic rings. The molecule has 0 radical (unpaired) electrons. The molecule has 3 saturated heterocycles. The molecule has 0 aromatic carbocycles. The van der Waals surface area contributed by atoms with Crippen LogP contribution in [0, 0.1) is 0 Å². The van der Waals surface area contributed by atoms with Crippen LogP contribution in [0.4, 0.5) is 5.82 Å². The SMILES string of the molecule is O=S(=O)(N1CCOCC1)N1CCC(c2nnc3ccc(N4CCCC4)nn23)CC1. The minimum absolute atomic E-state index is 0.155. The molecule has 2 aromatic heterocycles. The second kappa shape index (κ2) is 7.78. The van der Waals surface area contributed by atoms with E-state index in [-0.39, 0.29) is 5.92 Å². The van der Waals surface area contributed by atoms with E-state index in [1.165, 1.54) is 17.1 Å². The quantitative estimate of drug-likeness (QED) is 0.708.